The molecule has 1 aliphatic rings. The quantitative estimate of drug-likeness (QED) is 0.565. The molecule has 7 nitrogen and oxygen atoms in total. The number of aryl methyl sites for hydroxylation is 2. The molecular weight excluding hydrogens is 376 g/mol. The highest BCUT2D eigenvalue weighted by Gasteiger charge is 2.25. The van der Waals surface area contributed by atoms with Crippen molar-refractivity contribution >= 4 is 11.7 Å². The highest BCUT2D eigenvalue weighted by molar-refractivity contribution is 6.02. The Morgan fingerprint density at radius 2 is 2.00 bits per heavy atom. The van der Waals surface area contributed by atoms with Crippen LogP contribution < -0.4 is 5.32 Å². The lowest BCUT2D eigenvalue weighted by molar-refractivity contribution is 0.102. The van der Waals surface area contributed by atoms with E-state index in [2.05, 4.69) is 44.8 Å². The van der Waals surface area contributed by atoms with Gasteiger partial charge in [-0.1, -0.05) is 30.3 Å². The summed E-state index contributed by atoms with van der Waals surface area (Å²) in [6.45, 7) is 1.96. The van der Waals surface area contributed by atoms with Crippen molar-refractivity contribution in [3.63, 3.8) is 0 Å². The van der Waals surface area contributed by atoms with Gasteiger partial charge in [-0.15, -0.1) is 0 Å². The van der Waals surface area contributed by atoms with Gasteiger partial charge in [0.25, 0.3) is 5.91 Å². The number of anilines is 1. The van der Waals surface area contributed by atoms with Gasteiger partial charge < -0.3 is 5.32 Å². The predicted molar refractivity (Wildman–Crippen MR) is 114 cm³/mol. The molecule has 0 saturated carbocycles. The van der Waals surface area contributed by atoms with Crippen LogP contribution in [0.5, 0.6) is 0 Å². The summed E-state index contributed by atoms with van der Waals surface area (Å²) >= 11 is 0. The summed E-state index contributed by atoms with van der Waals surface area (Å²) < 4.78 is 3.58. The summed E-state index contributed by atoms with van der Waals surface area (Å²) in [4.78, 5) is 17.5. The largest absolute Gasteiger partial charge is 0.305 e. The second-order valence-electron chi connectivity index (χ2n) is 7.51. The first-order valence-corrected chi connectivity index (χ1v) is 10.1. The number of hydrogen-bond donors (Lipinski definition) is 1. The van der Waals surface area contributed by atoms with E-state index in [0.717, 1.165) is 24.8 Å². The summed E-state index contributed by atoms with van der Waals surface area (Å²) in [7, 11) is 0. The average molecular weight is 398 g/mol. The van der Waals surface area contributed by atoms with Crippen LogP contribution >= 0.6 is 0 Å². The van der Waals surface area contributed by atoms with E-state index >= 15 is 0 Å². The first-order chi connectivity index (χ1) is 14.7. The van der Waals surface area contributed by atoms with Crippen LogP contribution in [0.3, 0.4) is 0 Å². The molecule has 1 N–H and O–H groups in total. The molecule has 3 aromatic heterocycles. The third kappa shape index (κ3) is 3.28. The van der Waals surface area contributed by atoms with Gasteiger partial charge in [0, 0.05) is 18.0 Å². The van der Waals surface area contributed by atoms with E-state index in [4.69, 9.17) is 0 Å². The minimum atomic E-state index is -0.266. The van der Waals surface area contributed by atoms with Crippen molar-refractivity contribution in [1.82, 2.24) is 24.5 Å². The third-order valence-corrected chi connectivity index (χ3v) is 5.55. The molecule has 0 aliphatic heterocycles. The molecular formula is C23H22N6O. The SMILES string of the molecule is Cc1cnn([C@@H]2CCCc3ccccc32)c1NC(=O)c1cccc(-n2cccn2)n1. The molecule has 150 valence electrons. The summed E-state index contributed by atoms with van der Waals surface area (Å²) in [5.41, 5.74) is 3.89. The van der Waals surface area contributed by atoms with E-state index in [0.29, 0.717) is 17.3 Å². The maximum absolute atomic E-state index is 13.0. The van der Waals surface area contributed by atoms with E-state index in [-0.39, 0.29) is 11.9 Å². The van der Waals surface area contributed by atoms with Gasteiger partial charge in [-0.25, -0.2) is 14.3 Å². The highest BCUT2D eigenvalue weighted by Crippen LogP contribution is 2.35. The van der Waals surface area contributed by atoms with Crippen molar-refractivity contribution in [2.24, 2.45) is 0 Å². The van der Waals surface area contributed by atoms with Crippen molar-refractivity contribution in [1.29, 1.82) is 0 Å². The van der Waals surface area contributed by atoms with Crippen LogP contribution in [0.4, 0.5) is 5.82 Å². The normalized spacial score (nSPS) is 15.6. The Morgan fingerprint density at radius 3 is 2.87 bits per heavy atom. The molecule has 0 spiro atoms. The molecule has 0 radical (unpaired) electrons. The van der Waals surface area contributed by atoms with Crippen molar-refractivity contribution < 1.29 is 4.79 Å². The van der Waals surface area contributed by atoms with E-state index in [1.165, 1.54) is 11.1 Å². The molecule has 3 heterocycles. The van der Waals surface area contributed by atoms with Crippen molar-refractivity contribution in [2.45, 2.75) is 32.2 Å². The number of nitrogens with zero attached hydrogens (tertiary/aromatic N) is 5. The van der Waals surface area contributed by atoms with Gasteiger partial charge in [0.15, 0.2) is 5.82 Å². The number of carbonyl (C=O) groups excluding carboxylic acids is 1. The standard InChI is InChI=1S/C23H22N6O/c1-16-15-25-29(20-11-4-8-17-7-2-3-9-18(17)20)22(16)27-23(30)19-10-5-12-21(26-19)28-14-6-13-24-28/h2-3,5-7,9-10,12-15,20H,4,8,11H2,1H3,(H,27,30)/t20-/m1/s1. The number of carbonyl (C=O) groups is 1. The number of pyridine rings is 1. The Kier molecular flexibility index (Phi) is 4.63. The molecule has 1 amide bonds. The Hall–Kier alpha value is -3.74. The van der Waals surface area contributed by atoms with Gasteiger partial charge in [0.05, 0.1) is 12.2 Å². The van der Waals surface area contributed by atoms with Gasteiger partial charge >= 0.3 is 0 Å². The number of aromatic nitrogens is 5. The topological polar surface area (TPSA) is 77.6 Å². The van der Waals surface area contributed by atoms with Gasteiger partial charge in [-0.2, -0.15) is 10.2 Å². The number of nitrogens with one attached hydrogen (secondary N) is 1. The third-order valence-electron chi connectivity index (χ3n) is 5.55. The fourth-order valence-corrected chi connectivity index (χ4v) is 4.08. The second kappa shape index (κ2) is 7.59. The van der Waals surface area contributed by atoms with Crippen LogP contribution in [-0.4, -0.2) is 30.5 Å². The van der Waals surface area contributed by atoms with E-state index in [9.17, 15) is 4.79 Å². The fraction of sp³-hybridized carbons (Fsp3) is 0.217. The predicted octanol–water partition coefficient (Wildman–Crippen LogP) is 3.95. The number of fused-ring (bicyclic) bond motifs is 1. The molecule has 7 heteroatoms. The lowest BCUT2D eigenvalue weighted by Crippen LogP contribution is -2.23. The van der Waals surface area contributed by atoms with E-state index in [1.54, 1.807) is 35.4 Å². The Morgan fingerprint density at radius 1 is 1.10 bits per heavy atom. The zero-order valence-corrected chi connectivity index (χ0v) is 16.7. The van der Waals surface area contributed by atoms with Crippen molar-refractivity contribution in [3.8, 4) is 5.82 Å². The minimum Gasteiger partial charge on any atom is -0.305 e. The van der Waals surface area contributed by atoms with Crippen LogP contribution in [0, 0.1) is 6.92 Å². The van der Waals surface area contributed by atoms with Gasteiger partial charge in [-0.05, 0) is 55.5 Å². The van der Waals surface area contributed by atoms with Crippen molar-refractivity contribution in [2.75, 3.05) is 5.32 Å². The van der Waals surface area contributed by atoms with Gasteiger partial charge in [0.1, 0.15) is 11.5 Å². The van der Waals surface area contributed by atoms with E-state index < -0.39 is 0 Å². The summed E-state index contributed by atoms with van der Waals surface area (Å²) in [6.07, 6.45) is 8.46. The fourth-order valence-electron chi connectivity index (χ4n) is 4.08. The number of amides is 1. The van der Waals surface area contributed by atoms with Crippen LogP contribution in [0.1, 0.15) is 46.1 Å². The maximum Gasteiger partial charge on any atom is 0.275 e. The molecule has 0 bridgehead atoms. The minimum absolute atomic E-state index is 0.113. The van der Waals surface area contributed by atoms with Gasteiger partial charge in [0.2, 0.25) is 0 Å². The summed E-state index contributed by atoms with van der Waals surface area (Å²) in [5, 5.41) is 11.8. The first-order valence-electron chi connectivity index (χ1n) is 10.1. The molecule has 1 aromatic carbocycles. The number of rotatable bonds is 4. The first kappa shape index (κ1) is 18.3. The second-order valence-corrected chi connectivity index (χ2v) is 7.51. The lowest BCUT2D eigenvalue weighted by atomic mass is 9.88. The summed E-state index contributed by atoms with van der Waals surface area (Å²) in [5.74, 6) is 1.05. The molecule has 30 heavy (non-hydrogen) atoms. The molecule has 5 rings (SSSR count). The van der Waals surface area contributed by atoms with Crippen LogP contribution in [0.25, 0.3) is 5.82 Å². The highest BCUT2D eigenvalue weighted by atomic mass is 16.2. The average Bonchev–Trinajstić information content (AvgIpc) is 3.44. The zero-order valence-electron chi connectivity index (χ0n) is 16.7. The molecule has 0 fully saturated rings. The zero-order chi connectivity index (χ0) is 20.5. The monoisotopic (exact) mass is 398 g/mol. The number of benzene rings is 1. The maximum atomic E-state index is 13.0. The Bertz CT molecular complexity index is 1190. The van der Waals surface area contributed by atoms with Gasteiger partial charge in [-0.3, -0.25) is 4.79 Å². The van der Waals surface area contributed by atoms with Crippen LogP contribution in [0.2, 0.25) is 0 Å². The smallest absolute Gasteiger partial charge is 0.275 e. The van der Waals surface area contributed by atoms with Crippen LogP contribution in [0.15, 0.2) is 67.1 Å². The Balaban J connectivity index is 1.45. The summed E-state index contributed by atoms with van der Waals surface area (Å²) in [6, 6.07) is 15.7. The molecule has 0 unspecified atom stereocenters. The molecule has 1 atom stereocenters. The lowest BCUT2D eigenvalue weighted by Gasteiger charge is -2.27. The molecule has 4 aromatic rings. The molecule has 0 saturated heterocycles. The van der Waals surface area contributed by atoms with Crippen LogP contribution in [-0.2, 0) is 6.42 Å². The Labute approximate surface area is 174 Å². The number of hydrogen-bond acceptors (Lipinski definition) is 4. The van der Waals surface area contributed by atoms with E-state index in [1.807, 2.05) is 23.7 Å². The molecule has 1 aliphatic carbocycles. The van der Waals surface area contributed by atoms with Crippen molar-refractivity contribution in [3.05, 3.63) is 89.5 Å².